The van der Waals surface area contributed by atoms with E-state index in [4.69, 9.17) is 0 Å². The Bertz CT molecular complexity index is 779. The molecule has 0 spiro atoms. The van der Waals surface area contributed by atoms with Crippen LogP contribution in [0, 0.1) is 56.7 Å². The maximum Gasteiger partial charge on any atom is 0.0594 e. The van der Waals surface area contributed by atoms with E-state index in [1.165, 1.54) is 51.4 Å². The van der Waals surface area contributed by atoms with Crippen LogP contribution >= 0.6 is 0 Å². The van der Waals surface area contributed by atoms with Gasteiger partial charge in [0.1, 0.15) is 0 Å². The zero-order valence-corrected chi connectivity index (χ0v) is 21.9. The molecule has 0 aromatic heterocycles. The molecule has 1 heteroatoms. The second kappa shape index (κ2) is 6.64. The lowest BCUT2D eigenvalue weighted by atomic mass is 9.33. The summed E-state index contributed by atoms with van der Waals surface area (Å²) in [6.07, 6.45) is 14.5. The summed E-state index contributed by atoms with van der Waals surface area (Å²) in [5.41, 5.74) is 3.60. The van der Waals surface area contributed by atoms with E-state index in [2.05, 4.69) is 61.5 Å². The molecule has 10 atom stereocenters. The van der Waals surface area contributed by atoms with E-state index >= 15 is 0 Å². The van der Waals surface area contributed by atoms with Gasteiger partial charge >= 0.3 is 0 Å². The summed E-state index contributed by atoms with van der Waals surface area (Å²) >= 11 is 0. The van der Waals surface area contributed by atoms with Gasteiger partial charge in [0, 0.05) is 0 Å². The van der Waals surface area contributed by atoms with Crippen molar-refractivity contribution in [1.29, 1.82) is 0 Å². The number of aliphatic hydroxyl groups excluding tert-OH is 1. The summed E-state index contributed by atoms with van der Waals surface area (Å²) < 4.78 is 0. The van der Waals surface area contributed by atoms with E-state index in [-0.39, 0.29) is 11.5 Å². The molecule has 0 radical (unpaired) electrons. The molecule has 4 saturated carbocycles. The minimum absolute atomic E-state index is 0.0533. The summed E-state index contributed by atoms with van der Waals surface area (Å²) in [6.45, 7) is 20.5. The fourth-order valence-electron chi connectivity index (χ4n) is 10.8. The van der Waals surface area contributed by atoms with Crippen LogP contribution in [0.15, 0.2) is 11.6 Å². The molecule has 4 fully saturated rings. The van der Waals surface area contributed by atoms with Crippen LogP contribution in [-0.2, 0) is 0 Å². The Morgan fingerprint density at radius 2 is 1.52 bits per heavy atom. The number of aliphatic hydroxyl groups is 1. The molecule has 31 heavy (non-hydrogen) atoms. The van der Waals surface area contributed by atoms with Gasteiger partial charge in [-0.05, 0) is 114 Å². The molecule has 5 aliphatic rings. The summed E-state index contributed by atoms with van der Waals surface area (Å²) in [4.78, 5) is 0. The van der Waals surface area contributed by atoms with Gasteiger partial charge in [0.15, 0.2) is 0 Å². The van der Waals surface area contributed by atoms with Crippen LogP contribution in [0.5, 0.6) is 0 Å². The molecule has 1 N–H and O–H groups in total. The largest absolute Gasteiger partial charge is 0.393 e. The number of rotatable bonds is 0. The lowest BCUT2D eigenvalue weighted by molar-refractivity contribution is -0.203. The monoisotopic (exact) mass is 426 g/mol. The van der Waals surface area contributed by atoms with Gasteiger partial charge in [-0.1, -0.05) is 67.0 Å². The number of fused-ring (bicyclic) bond motifs is 7. The van der Waals surface area contributed by atoms with Crippen molar-refractivity contribution < 1.29 is 5.11 Å². The van der Waals surface area contributed by atoms with Crippen molar-refractivity contribution in [3.63, 3.8) is 0 Å². The second-order valence-corrected chi connectivity index (χ2v) is 14.7. The topological polar surface area (TPSA) is 20.2 Å². The Morgan fingerprint density at radius 3 is 2.23 bits per heavy atom. The van der Waals surface area contributed by atoms with Gasteiger partial charge in [-0.15, -0.1) is 0 Å². The molecule has 5 aliphatic carbocycles. The van der Waals surface area contributed by atoms with Crippen molar-refractivity contribution >= 4 is 0 Å². The van der Waals surface area contributed by atoms with Gasteiger partial charge in [-0.3, -0.25) is 0 Å². The number of allylic oxidation sites excluding steroid dienone is 2. The number of hydrogen-bond donors (Lipinski definition) is 1. The van der Waals surface area contributed by atoms with Crippen LogP contribution in [0.2, 0.25) is 0 Å². The average Bonchev–Trinajstić information content (AvgIpc) is 2.69. The van der Waals surface area contributed by atoms with Gasteiger partial charge in [0.25, 0.3) is 0 Å². The van der Waals surface area contributed by atoms with E-state index < -0.39 is 0 Å². The fraction of sp³-hybridized carbons (Fsp3) is 0.933. The predicted octanol–water partition coefficient (Wildman–Crippen LogP) is 8.02. The Balaban J connectivity index is 1.59. The molecule has 0 aromatic rings. The first-order valence-electron chi connectivity index (χ1n) is 13.7. The summed E-state index contributed by atoms with van der Waals surface area (Å²) in [5, 5.41) is 10.9. The lowest BCUT2D eigenvalue weighted by Crippen LogP contribution is -2.64. The third kappa shape index (κ3) is 2.65. The fourth-order valence-corrected chi connectivity index (χ4v) is 10.8. The van der Waals surface area contributed by atoms with E-state index in [1.807, 2.05) is 5.57 Å². The first-order chi connectivity index (χ1) is 14.3. The van der Waals surface area contributed by atoms with Gasteiger partial charge in [-0.2, -0.15) is 0 Å². The van der Waals surface area contributed by atoms with Crippen LogP contribution in [-0.4, -0.2) is 11.2 Å². The minimum Gasteiger partial charge on any atom is -0.393 e. The summed E-state index contributed by atoms with van der Waals surface area (Å²) in [5.74, 6) is 3.90. The molecule has 0 saturated heterocycles. The molecule has 0 amide bonds. The van der Waals surface area contributed by atoms with Crippen LogP contribution in [0.3, 0.4) is 0 Å². The van der Waals surface area contributed by atoms with Gasteiger partial charge < -0.3 is 5.11 Å². The lowest BCUT2D eigenvalue weighted by Gasteiger charge is -2.71. The van der Waals surface area contributed by atoms with Gasteiger partial charge in [0.2, 0.25) is 0 Å². The number of hydrogen-bond acceptors (Lipinski definition) is 1. The summed E-state index contributed by atoms with van der Waals surface area (Å²) in [6, 6.07) is 0. The van der Waals surface area contributed by atoms with E-state index in [0.717, 1.165) is 30.1 Å². The highest BCUT2D eigenvalue weighted by molar-refractivity contribution is 5.33. The maximum absolute atomic E-state index is 10.9. The molecule has 176 valence electrons. The van der Waals surface area contributed by atoms with Crippen molar-refractivity contribution in [2.24, 2.45) is 56.7 Å². The molecule has 0 aromatic carbocycles. The van der Waals surface area contributed by atoms with E-state index in [0.29, 0.717) is 27.6 Å². The van der Waals surface area contributed by atoms with E-state index in [1.54, 1.807) is 0 Å². The molecule has 1 nitrogen and oxygen atoms in total. The predicted molar refractivity (Wildman–Crippen MR) is 131 cm³/mol. The van der Waals surface area contributed by atoms with Crippen molar-refractivity contribution in [2.75, 3.05) is 0 Å². The Hall–Kier alpha value is -0.300. The van der Waals surface area contributed by atoms with Crippen molar-refractivity contribution in [3.8, 4) is 0 Å². The van der Waals surface area contributed by atoms with Crippen LogP contribution in [0.25, 0.3) is 0 Å². The Morgan fingerprint density at radius 1 is 0.806 bits per heavy atom. The molecule has 0 unspecified atom stereocenters. The third-order valence-electron chi connectivity index (χ3n) is 13.4. The first-order valence-corrected chi connectivity index (χ1v) is 13.7. The van der Waals surface area contributed by atoms with E-state index in [9.17, 15) is 5.11 Å². The standard InChI is InChI=1S/C30H50O/c1-19-11-14-27(5)17-18-29(7)21(25(27)20(19)2)9-10-23-28(6)15-13-24(31)26(3,4)22(28)12-16-30(23,29)8/h9,19-20,22-25,31H,10-18H2,1-8H3/t19-,20+,22-,23+,24+,25+,27-,28+,29+,30+/m0/s1. The highest BCUT2D eigenvalue weighted by Crippen LogP contribution is 2.75. The Kier molecular flexibility index (Phi) is 4.82. The second-order valence-electron chi connectivity index (χ2n) is 14.7. The molecule has 0 bridgehead atoms. The first kappa shape index (κ1) is 22.5. The van der Waals surface area contributed by atoms with Crippen LogP contribution < -0.4 is 0 Å². The molecule has 0 aliphatic heterocycles. The van der Waals surface area contributed by atoms with Crippen molar-refractivity contribution in [3.05, 3.63) is 11.6 Å². The van der Waals surface area contributed by atoms with Crippen molar-refractivity contribution in [2.45, 2.75) is 119 Å². The van der Waals surface area contributed by atoms with Gasteiger partial charge in [0.05, 0.1) is 6.10 Å². The Labute approximate surface area is 192 Å². The third-order valence-corrected chi connectivity index (χ3v) is 13.4. The maximum atomic E-state index is 10.9. The highest BCUT2D eigenvalue weighted by Gasteiger charge is 2.67. The smallest absolute Gasteiger partial charge is 0.0594 e. The molecular formula is C30H50O. The van der Waals surface area contributed by atoms with Gasteiger partial charge in [-0.25, -0.2) is 0 Å². The highest BCUT2D eigenvalue weighted by atomic mass is 16.3. The van der Waals surface area contributed by atoms with Crippen molar-refractivity contribution in [1.82, 2.24) is 0 Å². The zero-order valence-electron chi connectivity index (χ0n) is 21.9. The molecule has 5 rings (SSSR count). The summed E-state index contributed by atoms with van der Waals surface area (Å²) in [7, 11) is 0. The average molecular weight is 427 g/mol. The van der Waals surface area contributed by atoms with Crippen LogP contribution in [0.1, 0.15) is 113 Å². The SMILES string of the molecule is C[C@@H]1[C@@H](C)CC[C@@]2(C)CC[C@]3(C)C(=CC[C@@H]4[C@]5(C)CC[C@@H](O)C(C)(C)[C@@H]5CC[C@]43C)[C@@H]12. The minimum atomic E-state index is -0.125. The zero-order chi connectivity index (χ0) is 22.6. The molecular weight excluding hydrogens is 376 g/mol. The van der Waals surface area contributed by atoms with Crippen LogP contribution in [0.4, 0.5) is 0 Å². The normalized spacial score (nSPS) is 58.3. The molecule has 0 heterocycles. The quantitative estimate of drug-likeness (QED) is 0.389.